The molecule has 2 aliphatic heterocycles. The van der Waals surface area contributed by atoms with E-state index < -0.39 is 29.5 Å². The number of amides is 2. The van der Waals surface area contributed by atoms with E-state index in [1.54, 1.807) is 17.0 Å². The van der Waals surface area contributed by atoms with Crippen LogP contribution in [0.25, 0.3) is 0 Å². The molecule has 0 radical (unpaired) electrons. The Morgan fingerprint density at radius 3 is 2.59 bits per heavy atom. The second-order valence-corrected chi connectivity index (χ2v) is 10.2. The quantitative estimate of drug-likeness (QED) is 0.470. The molecule has 37 heavy (non-hydrogen) atoms. The maximum Gasteiger partial charge on any atom is 0.330 e. The number of guanidine groups is 2. The van der Waals surface area contributed by atoms with E-state index >= 15 is 0 Å². The molecule has 1 N–H and O–H groups in total. The van der Waals surface area contributed by atoms with Crippen LogP contribution in [0.5, 0.6) is 5.75 Å². The maximum absolute atomic E-state index is 14.0. The zero-order chi connectivity index (χ0) is 25.9. The van der Waals surface area contributed by atoms with Gasteiger partial charge in [-0.25, -0.2) is 28.0 Å². The number of halogens is 3. The van der Waals surface area contributed by atoms with Crippen LogP contribution in [0, 0.1) is 47.7 Å². The number of ether oxygens (including phenoxy) is 1. The summed E-state index contributed by atoms with van der Waals surface area (Å²) in [5, 5.41) is 2.71. The van der Waals surface area contributed by atoms with Gasteiger partial charge in [0, 0.05) is 19.0 Å². The first-order chi connectivity index (χ1) is 17.7. The summed E-state index contributed by atoms with van der Waals surface area (Å²) in [4.78, 5) is 24.5. The number of rotatable bonds is 3. The van der Waals surface area contributed by atoms with Crippen LogP contribution in [-0.4, -0.2) is 41.3 Å². The minimum absolute atomic E-state index is 0.0956. The van der Waals surface area contributed by atoms with Crippen LogP contribution in [0.3, 0.4) is 0 Å². The minimum Gasteiger partial charge on any atom is -0.407 e. The van der Waals surface area contributed by atoms with Crippen molar-refractivity contribution in [2.45, 2.75) is 38.6 Å². The summed E-state index contributed by atoms with van der Waals surface area (Å²) < 4.78 is 47.3. The number of hydrogen-bond acceptors (Lipinski definition) is 4. The molecule has 4 aliphatic rings. The van der Waals surface area contributed by atoms with Crippen molar-refractivity contribution in [2.24, 2.45) is 21.3 Å². The average molecular weight is 508 g/mol. The summed E-state index contributed by atoms with van der Waals surface area (Å²) in [7, 11) is 1.53. The molecule has 2 aliphatic carbocycles. The number of carbonyl (C=O) groups excluding carboxylic acids is 1. The molecule has 0 bridgehead atoms. The van der Waals surface area contributed by atoms with Crippen LogP contribution in [0.2, 0.25) is 0 Å². The van der Waals surface area contributed by atoms with Gasteiger partial charge in [0.15, 0.2) is 17.5 Å². The average Bonchev–Trinajstić information content (AvgIpc) is 3.52. The highest BCUT2D eigenvalue weighted by Gasteiger charge is 2.52. The normalized spacial score (nSPS) is 22.7. The van der Waals surface area contributed by atoms with Crippen molar-refractivity contribution in [3.8, 4) is 17.8 Å². The molecule has 2 amide bonds. The Bertz CT molecular complexity index is 1410. The van der Waals surface area contributed by atoms with Crippen molar-refractivity contribution < 1.29 is 22.7 Å². The van der Waals surface area contributed by atoms with Gasteiger partial charge in [0.05, 0.1) is 18.3 Å². The molecular formula is C27H24F3N5O2. The van der Waals surface area contributed by atoms with Gasteiger partial charge in [-0.05, 0) is 67.3 Å². The summed E-state index contributed by atoms with van der Waals surface area (Å²) in [5.74, 6) is 0.320. The van der Waals surface area contributed by atoms with Crippen LogP contribution in [-0.2, 0) is 0 Å². The zero-order valence-corrected chi connectivity index (χ0v) is 20.3. The van der Waals surface area contributed by atoms with Crippen molar-refractivity contribution in [1.29, 1.82) is 0 Å². The Morgan fingerprint density at radius 2 is 1.89 bits per heavy atom. The molecule has 6 rings (SSSR count). The molecule has 1 saturated heterocycles. The number of benzene rings is 2. The van der Waals surface area contributed by atoms with E-state index in [9.17, 15) is 18.0 Å². The summed E-state index contributed by atoms with van der Waals surface area (Å²) in [6.07, 6.45) is 7.73. The van der Waals surface area contributed by atoms with Crippen LogP contribution < -0.4 is 10.1 Å². The van der Waals surface area contributed by atoms with Crippen LogP contribution >= 0.6 is 0 Å². The molecular weight excluding hydrogens is 483 g/mol. The van der Waals surface area contributed by atoms with Gasteiger partial charge in [-0.15, -0.1) is 0 Å². The largest absolute Gasteiger partial charge is 0.407 e. The van der Waals surface area contributed by atoms with Crippen molar-refractivity contribution in [2.75, 3.05) is 13.6 Å². The molecule has 10 heteroatoms. The lowest BCUT2D eigenvalue weighted by Crippen LogP contribution is -2.61. The fraction of sp³-hybridized carbons (Fsp3) is 0.370. The SMILES string of the molecule is Cc1ccc(OC#CC2CC3(CC3)C2)cc1N=C1NC(=O)N(C)C2=NCC(c3cc(F)c(F)c(F)c3)N12. The van der Waals surface area contributed by atoms with Crippen LogP contribution in [0.15, 0.2) is 40.3 Å². The molecule has 1 unspecified atom stereocenters. The van der Waals surface area contributed by atoms with E-state index in [1.165, 1.54) is 24.8 Å². The fourth-order valence-corrected chi connectivity index (χ4v) is 5.14. The highest BCUT2D eigenvalue weighted by Crippen LogP contribution is 2.63. The maximum atomic E-state index is 14.0. The van der Waals surface area contributed by atoms with E-state index in [2.05, 4.69) is 27.3 Å². The predicted octanol–water partition coefficient (Wildman–Crippen LogP) is 5.00. The molecule has 1 atom stereocenters. The third-order valence-corrected chi connectivity index (χ3v) is 7.53. The molecule has 2 aromatic rings. The number of hydrogen-bond donors (Lipinski definition) is 1. The minimum atomic E-state index is -1.54. The zero-order valence-electron chi connectivity index (χ0n) is 20.3. The Hall–Kier alpha value is -4.00. The monoisotopic (exact) mass is 507 g/mol. The number of carbonyl (C=O) groups is 1. The van der Waals surface area contributed by atoms with Crippen molar-refractivity contribution in [3.63, 3.8) is 0 Å². The molecule has 3 fully saturated rings. The van der Waals surface area contributed by atoms with Gasteiger partial charge in [-0.3, -0.25) is 15.1 Å². The second kappa shape index (κ2) is 8.54. The number of fused-ring (bicyclic) bond motifs is 1. The first kappa shape index (κ1) is 23.4. The van der Waals surface area contributed by atoms with Gasteiger partial charge in [0.2, 0.25) is 11.9 Å². The van der Waals surface area contributed by atoms with Crippen LogP contribution in [0.1, 0.15) is 42.9 Å². The van der Waals surface area contributed by atoms with E-state index in [4.69, 9.17) is 4.74 Å². The standard InChI is InChI=1S/C27H24F3N5O2/c1-15-3-4-18(37-8-5-16-12-27(13-16)6-7-27)11-21(15)32-24-33-26(36)34(2)25-31-14-22(35(24)25)17-9-19(28)23(30)20(29)10-17/h3-4,9-11,16,22H,6-7,12-14H2,1-2H3,(H,32,33,36). The predicted molar refractivity (Wildman–Crippen MR) is 131 cm³/mol. The fourth-order valence-electron chi connectivity index (χ4n) is 5.14. The molecule has 1 spiro atoms. The smallest absolute Gasteiger partial charge is 0.330 e. The van der Waals surface area contributed by atoms with Gasteiger partial charge in [-0.2, -0.15) is 0 Å². The summed E-state index contributed by atoms with van der Waals surface area (Å²) in [5.41, 5.74) is 2.07. The third kappa shape index (κ3) is 4.18. The van der Waals surface area contributed by atoms with Gasteiger partial charge in [-0.1, -0.05) is 12.0 Å². The van der Waals surface area contributed by atoms with E-state index in [1.807, 2.05) is 13.0 Å². The van der Waals surface area contributed by atoms with Gasteiger partial charge >= 0.3 is 6.03 Å². The molecule has 190 valence electrons. The van der Waals surface area contributed by atoms with Crippen molar-refractivity contribution in [3.05, 3.63) is 58.9 Å². The number of urea groups is 1. The van der Waals surface area contributed by atoms with Crippen molar-refractivity contribution in [1.82, 2.24) is 15.1 Å². The van der Waals surface area contributed by atoms with E-state index in [-0.39, 0.29) is 24.0 Å². The number of aryl methyl sites for hydroxylation is 1. The number of aliphatic imine (C=N–C) groups is 2. The Kier molecular flexibility index (Phi) is 5.40. The van der Waals surface area contributed by atoms with Gasteiger partial charge in [0.1, 0.15) is 11.9 Å². The second-order valence-electron chi connectivity index (χ2n) is 10.2. The van der Waals surface area contributed by atoms with Gasteiger partial charge < -0.3 is 4.74 Å². The number of nitrogens with zero attached hydrogens (tertiary/aromatic N) is 4. The molecule has 2 heterocycles. The van der Waals surface area contributed by atoms with Crippen molar-refractivity contribution >= 4 is 23.6 Å². The summed E-state index contributed by atoms with van der Waals surface area (Å²) >= 11 is 0. The lowest BCUT2D eigenvalue weighted by molar-refractivity contribution is 0.221. The van der Waals surface area contributed by atoms with Gasteiger partial charge in [0.25, 0.3) is 0 Å². The Labute approximate surface area is 212 Å². The third-order valence-electron chi connectivity index (χ3n) is 7.53. The molecule has 2 aromatic carbocycles. The first-order valence-electron chi connectivity index (χ1n) is 12.1. The Morgan fingerprint density at radius 1 is 1.16 bits per heavy atom. The van der Waals surface area contributed by atoms with E-state index in [0.29, 0.717) is 22.8 Å². The lowest BCUT2D eigenvalue weighted by Gasteiger charge is -2.36. The summed E-state index contributed by atoms with van der Waals surface area (Å²) in [6.45, 7) is 1.95. The van der Waals surface area contributed by atoms with E-state index in [0.717, 1.165) is 30.5 Å². The lowest BCUT2D eigenvalue weighted by atomic mass is 9.72. The number of nitrogens with one attached hydrogen (secondary N) is 1. The molecule has 2 saturated carbocycles. The first-order valence-corrected chi connectivity index (χ1v) is 12.1. The topological polar surface area (TPSA) is 69.5 Å². The van der Waals surface area contributed by atoms with Crippen LogP contribution in [0.4, 0.5) is 23.7 Å². The molecule has 7 nitrogen and oxygen atoms in total. The summed E-state index contributed by atoms with van der Waals surface area (Å²) in [6, 6.07) is 6.03. The highest BCUT2D eigenvalue weighted by molar-refractivity contribution is 6.16. The highest BCUT2D eigenvalue weighted by atomic mass is 19.2. The molecule has 0 aromatic heterocycles. The Balaban J connectivity index is 1.29.